The first-order valence-electron chi connectivity index (χ1n) is 5.57. The number of carbonyl (C=O) groups is 2. The van der Waals surface area contributed by atoms with E-state index in [1.165, 1.54) is 31.2 Å². The minimum absolute atomic E-state index is 0.0376. The van der Waals surface area contributed by atoms with Crippen molar-refractivity contribution in [3.63, 3.8) is 0 Å². The molecule has 0 aromatic heterocycles. The predicted molar refractivity (Wildman–Crippen MR) is 66.3 cm³/mol. The Kier molecular flexibility index (Phi) is 3.65. The van der Waals surface area contributed by atoms with Crippen molar-refractivity contribution in [3.8, 4) is 0 Å². The number of nitrogens with zero attached hydrogens (tertiary/aromatic N) is 3. The van der Waals surface area contributed by atoms with E-state index in [-0.39, 0.29) is 17.1 Å². The summed E-state index contributed by atoms with van der Waals surface area (Å²) in [5.41, 5.74) is -0.302. The summed E-state index contributed by atoms with van der Waals surface area (Å²) < 4.78 is 4.75. The molecule has 8 heteroatoms. The highest BCUT2D eigenvalue weighted by Crippen LogP contribution is 2.27. The maximum Gasteiger partial charge on any atom is 0.346 e. The SMILES string of the molecule is CC1=CC(=O)C(N=Nc2ccccc2[N+](=O)[O-])C(=O)O1. The molecule has 0 N–H and O–H groups in total. The van der Waals surface area contributed by atoms with Gasteiger partial charge in [-0.25, -0.2) is 4.79 Å². The van der Waals surface area contributed by atoms with E-state index < -0.39 is 22.7 Å². The van der Waals surface area contributed by atoms with E-state index in [4.69, 9.17) is 4.74 Å². The largest absolute Gasteiger partial charge is 0.429 e. The lowest BCUT2D eigenvalue weighted by Crippen LogP contribution is -2.32. The number of nitro benzene ring substituents is 1. The summed E-state index contributed by atoms with van der Waals surface area (Å²) in [5, 5.41) is 17.9. The van der Waals surface area contributed by atoms with Gasteiger partial charge in [0.05, 0.1) is 4.92 Å². The van der Waals surface area contributed by atoms with Crippen molar-refractivity contribution in [1.29, 1.82) is 0 Å². The van der Waals surface area contributed by atoms with Gasteiger partial charge in [-0.05, 0) is 13.0 Å². The molecule has 20 heavy (non-hydrogen) atoms. The van der Waals surface area contributed by atoms with Crippen LogP contribution in [-0.4, -0.2) is 22.7 Å². The molecule has 0 bridgehead atoms. The topological polar surface area (TPSA) is 111 Å². The number of ketones is 1. The summed E-state index contributed by atoms with van der Waals surface area (Å²) >= 11 is 0. The van der Waals surface area contributed by atoms with Crippen molar-refractivity contribution in [1.82, 2.24) is 0 Å². The monoisotopic (exact) mass is 275 g/mol. The Labute approximate surface area is 112 Å². The zero-order valence-electron chi connectivity index (χ0n) is 10.3. The molecule has 0 aliphatic carbocycles. The number of para-hydroxylation sites is 1. The number of hydrogen-bond acceptors (Lipinski definition) is 7. The average molecular weight is 275 g/mol. The maximum absolute atomic E-state index is 11.6. The minimum Gasteiger partial charge on any atom is -0.429 e. The molecular formula is C12H9N3O5. The van der Waals surface area contributed by atoms with Gasteiger partial charge < -0.3 is 4.74 Å². The van der Waals surface area contributed by atoms with Crippen LogP contribution in [0.25, 0.3) is 0 Å². The molecule has 1 atom stereocenters. The molecule has 0 amide bonds. The van der Waals surface area contributed by atoms with Crippen LogP contribution in [0.4, 0.5) is 11.4 Å². The number of cyclic esters (lactones) is 1. The molecular weight excluding hydrogens is 266 g/mol. The molecule has 0 saturated heterocycles. The van der Waals surface area contributed by atoms with Crippen LogP contribution in [0.5, 0.6) is 0 Å². The van der Waals surface area contributed by atoms with Crippen LogP contribution in [0.3, 0.4) is 0 Å². The fraction of sp³-hybridized carbons (Fsp3) is 0.167. The highest BCUT2D eigenvalue weighted by atomic mass is 16.6. The first-order valence-corrected chi connectivity index (χ1v) is 5.57. The number of esters is 1. The second-order valence-corrected chi connectivity index (χ2v) is 3.94. The van der Waals surface area contributed by atoms with E-state index in [1.807, 2.05) is 0 Å². The van der Waals surface area contributed by atoms with E-state index in [9.17, 15) is 19.7 Å². The van der Waals surface area contributed by atoms with E-state index in [0.29, 0.717) is 0 Å². The van der Waals surface area contributed by atoms with Crippen LogP contribution in [-0.2, 0) is 14.3 Å². The van der Waals surface area contributed by atoms with Crippen molar-refractivity contribution in [2.24, 2.45) is 10.2 Å². The van der Waals surface area contributed by atoms with E-state index in [0.717, 1.165) is 6.08 Å². The number of ether oxygens (including phenoxy) is 1. The molecule has 0 spiro atoms. The van der Waals surface area contributed by atoms with E-state index in [1.54, 1.807) is 0 Å². The summed E-state index contributed by atoms with van der Waals surface area (Å²) in [7, 11) is 0. The highest BCUT2D eigenvalue weighted by molar-refractivity contribution is 6.11. The molecule has 0 radical (unpaired) electrons. The summed E-state index contributed by atoms with van der Waals surface area (Å²) in [6.07, 6.45) is 1.13. The predicted octanol–water partition coefficient (Wildman–Crippen LogP) is 2.08. The number of carbonyl (C=O) groups excluding carboxylic acids is 2. The van der Waals surface area contributed by atoms with Crippen LogP contribution < -0.4 is 0 Å². The second kappa shape index (κ2) is 5.39. The number of hydrogen-bond donors (Lipinski definition) is 0. The quantitative estimate of drug-likeness (QED) is 0.275. The fourth-order valence-electron chi connectivity index (χ4n) is 1.57. The van der Waals surface area contributed by atoms with E-state index >= 15 is 0 Å². The third kappa shape index (κ3) is 2.74. The summed E-state index contributed by atoms with van der Waals surface area (Å²) in [5.74, 6) is -1.24. The van der Waals surface area contributed by atoms with Gasteiger partial charge in [-0.15, -0.1) is 5.11 Å². The van der Waals surface area contributed by atoms with Crippen molar-refractivity contribution in [2.45, 2.75) is 13.0 Å². The molecule has 8 nitrogen and oxygen atoms in total. The van der Waals surface area contributed by atoms with Gasteiger partial charge in [0.1, 0.15) is 5.76 Å². The standard InChI is InChI=1S/C12H9N3O5/c1-7-6-10(16)11(12(17)20-7)14-13-8-4-2-3-5-9(8)15(18)19/h2-6,11H,1H3. The lowest BCUT2D eigenvalue weighted by Gasteiger charge is -2.13. The maximum atomic E-state index is 11.6. The number of benzene rings is 1. The Bertz CT molecular complexity index is 650. The third-order valence-corrected chi connectivity index (χ3v) is 2.46. The van der Waals surface area contributed by atoms with Crippen LogP contribution >= 0.6 is 0 Å². The summed E-state index contributed by atoms with van der Waals surface area (Å²) in [4.78, 5) is 33.2. The van der Waals surface area contributed by atoms with Crippen molar-refractivity contribution >= 4 is 23.1 Å². The Hall–Kier alpha value is -2.90. The van der Waals surface area contributed by atoms with Crippen LogP contribution in [0.2, 0.25) is 0 Å². The Morgan fingerprint density at radius 3 is 2.65 bits per heavy atom. The highest BCUT2D eigenvalue weighted by Gasteiger charge is 2.31. The number of rotatable bonds is 3. The van der Waals surface area contributed by atoms with Gasteiger partial charge in [-0.2, -0.15) is 5.11 Å². The van der Waals surface area contributed by atoms with Gasteiger partial charge in [-0.1, -0.05) is 12.1 Å². The number of nitro groups is 1. The average Bonchev–Trinajstić information content (AvgIpc) is 2.37. The van der Waals surface area contributed by atoms with Crippen LogP contribution in [0, 0.1) is 10.1 Å². The molecule has 102 valence electrons. The van der Waals surface area contributed by atoms with Gasteiger partial charge in [0.25, 0.3) is 5.69 Å². The Balaban J connectivity index is 2.28. The molecule has 1 heterocycles. The summed E-state index contributed by atoms with van der Waals surface area (Å²) in [6, 6.07) is 4.20. The minimum atomic E-state index is -1.42. The third-order valence-electron chi connectivity index (χ3n) is 2.46. The van der Waals surface area contributed by atoms with Crippen molar-refractivity contribution in [2.75, 3.05) is 0 Å². The molecule has 1 aliphatic rings. The Morgan fingerprint density at radius 2 is 2.00 bits per heavy atom. The van der Waals surface area contributed by atoms with Gasteiger partial charge in [0.15, 0.2) is 11.5 Å². The first kappa shape index (κ1) is 13.5. The molecule has 1 unspecified atom stereocenters. The normalized spacial score (nSPS) is 18.9. The van der Waals surface area contributed by atoms with Gasteiger partial charge >= 0.3 is 5.97 Å². The molecule has 0 saturated carbocycles. The first-order chi connectivity index (χ1) is 9.49. The van der Waals surface area contributed by atoms with Crippen molar-refractivity contribution in [3.05, 3.63) is 46.2 Å². The Morgan fingerprint density at radius 1 is 1.30 bits per heavy atom. The number of azo groups is 1. The van der Waals surface area contributed by atoms with E-state index in [2.05, 4.69) is 10.2 Å². The lowest BCUT2D eigenvalue weighted by molar-refractivity contribution is -0.384. The summed E-state index contributed by atoms with van der Waals surface area (Å²) in [6.45, 7) is 1.46. The van der Waals surface area contributed by atoms with Gasteiger partial charge in [0.2, 0.25) is 6.04 Å². The smallest absolute Gasteiger partial charge is 0.346 e. The van der Waals surface area contributed by atoms with Crippen LogP contribution in [0.15, 0.2) is 46.3 Å². The molecule has 1 aliphatic heterocycles. The molecule has 0 fully saturated rings. The molecule has 1 aromatic carbocycles. The molecule has 2 rings (SSSR count). The number of allylic oxidation sites excluding steroid dienone is 1. The lowest BCUT2D eigenvalue weighted by atomic mass is 10.1. The zero-order chi connectivity index (χ0) is 14.7. The van der Waals surface area contributed by atoms with Gasteiger partial charge in [0, 0.05) is 12.1 Å². The zero-order valence-corrected chi connectivity index (χ0v) is 10.3. The fourth-order valence-corrected chi connectivity index (χ4v) is 1.57. The van der Waals surface area contributed by atoms with Crippen molar-refractivity contribution < 1.29 is 19.2 Å². The second-order valence-electron chi connectivity index (χ2n) is 3.94. The molecule has 1 aromatic rings. The van der Waals surface area contributed by atoms with Crippen LogP contribution in [0.1, 0.15) is 6.92 Å². The van der Waals surface area contributed by atoms with Gasteiger partial charge in [-0.3, -0.25) is 14.9 Å².